The van der Waals surface area contributed by atoms with Gasteiger partial charge >= 0.3 is 0 Å². The van der Waals surface area contributed by atoms with Crippen molar-refractivity contribution < 1.29 is 9.53 Å². The van der Waals surface area contributed by atoms with Gasteiger partial charge in [-0.05, 0) is 35.5 Å². The lowest BCUT2D eigenvalue weighted by molar-refractivity contribution is -0.121. The minimum atomic E-state index is -0.0886. The molecule has 0 unspecified atom stereocenters. The van der Waals surface area contributed by atoms with Crippen molar-refractivity contribution in [3.63, 3.8) is 0 Å². The molecule has 3 aromatic rings. The lowest BCUT2D eigenvalue weighted by atomic mass is 10.2. The van der Waals surface area contributed by atoms with Crippen LogP contribution in [0.25, 0.3) is 17.3 Å². The second-order valence-electron chi connectivity index (χ2n) is 6.36. The Kier molecular flexibility index (Phi) is 6.11. The van der Waals surface area contributed by atoms with Crippen molar-refractivity contribution in [3.8, 4) is 17.0 Å². The summed E-state index contributed by atoms with van der Waals surface area (Å²) in [4.78, 5) is 24.4. The molecule has 30 heavy (non-hydrogen) atoms. The van der Waals surface area contributed by atoms with Crippen molar-refractivity contribution in [3.05, 3.63) is 83.1 Å². The number of hydrogen-bond acceptors (Lipinski definition) is 6. The van der Waals surface area contributed by atoms with Crippen LogP contribution in [0.3, 0.4) is 0 Å². The molecule has 4 rings (SSSR count). The third-order valence-corrected chi connectivity index (χ3v) is 6.11. The number of methoxy groups -OCH3 is 1. The Morgan fingerprint density at radius 1 is 1.17 bits per heavy atom. The van der Waals surface area contributed by atoms with Gasteiger partial charge in [0.25, 0.3) is 5.91 Å². The number of thioether (sulfide) groups is 1. The summed E-state index contributed by atoms with van der Waals surface area (Å²) in [5, 5.41) is 3.19. The third kappa shape index (κ3) is 4.37. The van der Waals surface area contributed by atoms with E-state index in [-0.39, 0.29) is 5.91 Å². The molecule has 0 N–H and O–H groups in total. The molecule has 1 aliphatic rings. The number of rotatable bonds is 6. The first-order valence-corrected chi connectivity index (χ1v) is 10.9. The number of nitrogens with zero attached hydrogens (tertiary/aromatic N) is 3. The predicted octanol–water partition coefficient (Wildman–Crippen LogP) is 5.61. The predicted molar refractivity (Wildman–Crippen MR) is 125 cm³/mol. The van der Waals surface area contributed by atoms with Crippen LogP contribution in [0.4, 0.5) is 5.13 Å². The fourth-order valence-electron chi connectivity index (χ4n) is 2.87. The van der Waals surface area contributed by atoms with Crippen LogP contribution in [0.15, 0.2) is 82.5 Å². The Balaban J connectivity index is 1.62. The molecule has 7 heteroatoms. The highest BCUT2D eigenvalue weighted by Crippen LogP contribution is 2.35. The Morgan fingerprint density at radius 2 is 1.93 bits per heavy atom. The van der Waals surface area contributed by atoms with E-state index in [1.54, 1.807) is 18.1 Å². The number of amidine groups is 1. The lowest BCUT2D eigenvalue weighted by Gasteiger charge is -2.11. The number of benzene rings is 2. The van der Waals surface area contributed by atoms with Gasteiger partial charge in [-0.2, -0.15) is 4.99 Å². The summed E-state index contributed by atoms with van der Waals surface area (Å²) < 4.78 is 5.19. The number of carbonyl (C=O) groups is 1. The second-order valence-corrected chi connectivity index (χ2v) is 8.21. The van der Waals surface area contributed by atoms with Crippen LogP contribution in [0, 0.1) is 0 Å². The molecule has 0 radical (unpaired) electrons. The molecule has 5 nitrogen and oxygen atoms in total. The zero-order valence-electron chi connectivity index (χ0n) is 16.3. The molecule has 0 saturated carbocycles. The van der Waals surface area contributed by atoms with E-state index in [0.29, 0.717) is 21.7 Å². The minimum Gasteiger partial charge on any atom is -0.497 e. The maximum Gasteiger partial charge on any atom is 0.267 e. The number of hydrogen-bond donors (Lipinski definition) is 0. The van der Waals surface area contributed by atoms with Gasteiger partial charge in [-0.15, -0.1) is 17.9 Å². The summed E-state index contributed by atoms with van der Waals surface area (Å²) in [5.41, 5.74) is 2.84. The van der Waals surface area contributed by atoms with Crippen LogP contribution >= 0.6 is 23.1 Å². The number of thiazole rings is 1. The van der Waals surface area contributed by atoms with Crippen molar-refractivity contribution in [1.82, 2.24) is 9.88 Å². The standard InChI is InChI=1S/C23H19N3O2S2/c1-3-13-26-21(27)20(14-16-9-11-18(28-2)12-10-16)30-23(26)25-22-24-19(15-29-22)17-7-5-4-6-8-17/h3-12,14-15H,1,13H2,2H3/b20-14-,25-23+. The summed E-state index contributed by atoms with van der Waals surface area (Å²) in [6.07, 6.45) is 3.56. The van der Waals surface area contributed by atoms with Crippen LogP contribution in [-0.2, 0) is 4.79 Å². The van der Waals surface area contributed by atoms with E-state index in [9.17, 15) is 4.79 Å². The summed E-state index contributed by atoms with van der Waals surface area (Å²) >= 11 is 2.80. The van der Waals surface area contributed by atoms with E-state index in [1.165, 1.54) is 23.1 Å². The average molecular weight is 434 g/mol. The molecule has 0 aliphatic carbocycles. The molecular weight excluding hydrogens is 414 g/mol. The Labute approximate surface area is 183 Å². The molecule has 1 fully saturated rings. The molecule has 0 bridgehead atoms. The Hall–Kier alpha value is -3.16. The Bertz CT molecular complexity index is 1120. The summed E-state index contributed by atoms with van der Waals surface area (Å²) in [7, 11) is 1.63. The molecular formula is C23H19N3O2S2. The number of ether oxygens (including phenoxy) is 1. The largest absolute Gasteiger partial charge is 0.497 e. The van der Waals surface area contributed by atoms with Gasteiger partial charge in [-0.25, -0.2) is 4.98 Å². The van der Waals surface area contributed by atoms with E-state index in [2.05, 4.69) is 16.6 Å². The molecule has 1 amide bonds. The van der Waals surface area contributed by atoms with E-state index >= 15 is 0 Å². The van der Waals surface area contributed by atoms with Gasteiger partial charge in [0, 0.05) is 17.5 Å². The fraction of sp³-hybridized carbons (Fsp3) is 0.0870. The van der Waals surface area contributed by atoms with Crippen molar-refractivity contribution in [2.45, 2.75) is 0 Å². The van der Waals surface area contributed by atoms with Crippen LogP contribution in [0.1, 0.15) is 5.56 Å². The molecule has 0 spiro atoms. The highest BCUT2D eigenvalue weighted by Gasteiger charge is 2.32. The van der Waals surface area contributed by atoms with Crippen molar-refractivity contribution >= 4 is 45.4 Å². The van der Waals surface area contributed by atoms with E-state index in [1.807, 2.05) is 66.1 Å². The van der Waals surface area contributed by atoms with Gasteiger partial charge in [-0.1, -0.05) is 48.5 Å². The monoisotopic (exact) mass is 433 g/mol. The van der Waals surface area contributed by atoms with Crippen molar-refractivity contribution in [2.24, 2.45) is 4.99 Å². The molecule has 150 valence electrons. The van der Waals surface area contributed by atoms with Crippen LogP contribution in [0.5, 0.6) is 5.75 Å². The summed E-state index contributed by atoms with van der Waals surface area (Å²) in [6.45, 7) is 4.16. The highest BCUT2D eigenvalue weighted by atomic mass is 32.2. The SMILES string of the molecule is C=CCN1C(=O)/C(=C/c2ccc(OC)cc2)S/C1=N/c1nc(-c2ccccc2)cs1. The van der Waals surface area contributed by atoms with Crippen LogP contribution in [-0.4, -0.2) is 34.6 Å². The summed E-state index contributed by atoms with van der Waals surface area (Å²) in [5.74, 6) is 0.686. The zero-order valence-corrected chi connectivity index (χ0v) is 18.0. The van der Waals surface area contributed by atoms with Crippen molar-refractivity contribution in [1.29, 1.82) is 0 Å². The van der Waals surface area contributed by atoms with Gasteiger partial charge in [0.15, 0.2) is 5.17 Å². The zero-order chi connectivity index (χ0) is 20.9. The third-order valence-electron chi connectivity index (χ3n) is 4.37. The molecule has 1 aliphatic heterocycles. The van der Waals surface area contributed by atoms with Crippen LogP contribution in [0.2, 0.25) is 0 Å². The summed E-state index contributed by atoms with van der Waals surface area (Å²) in [6, 6.07) is 17.5. The quantitative estimate of drug-likeness (QED) is 0.375. The Morgan fingerprint density at radius 3 is 2.63 bits per heavy atom. The molecule has 1 aromatic heterocycles. The average Bonchev–Trinajstić information content (AvgIpc) is 3.36. The minimum absolute atomic E-state index is 0.0886. The van der Waals surface area contributed by atoms with Gasteiger partial charge < -0.3 is 4.74 Å². The molecule has 2 aromatic carbocycles. The molecule has 0 atom stereocenters. The van der Waals surface area contributed by atoms with Gasteiger partial charge in [-0.3, -0.25) is 9.69 Å². The van der Waals surface area contributed by atoms with Gasteiger partial charge in [0.05, 0.1) is 17.7 Å². The van der Waals surface area contributed by atoms with Crippen molar-refractivity contribution in [2.75, 3.05) is 13.7 Å². The number of carbonyl (C=O) groups excluding carboxylic acids is 1. The normalized spacial score (nSPS) is 16.4. The van der Waals surface area contributed by atoms with E-state index in [4.69, 9.17) is 4.74 Å². The van der Waals surface area contributed by atoms with Crippen LogP contribution < -0.4 is 4.74 Å². The molecule has 1 saturated heterocycles. The topological polar surface area (TPSA) is 54.8 Å². The first-order valence-electron chi connectivity index (χ1n) is 9.24. The fourth-order valence-corrected chi connectivity index (χ4v) is 4.61. The van der Waals surface area contributed by atoms with Gasteiger partial charge in [0.1, 0.15) is 5.75 Å². The first-order chi connectivity index (χ1) is 14.7. The lowest BCUT2D eigenvalue weighted by Crippen LogP contribution is -2.29. The molecule has 2 heterocycles. The number of aliphatic imine (C=N–C) groups is 1. The second kappa shape index (κ2) is 9.11. The smallest absolute Gasteiger partial charge is 0.267 e. The maximum atomic E-state index is 12.9. The van der Waals surface area contributed by atoms with E-state index < -0.39 is 0 Å². The number of amides is 1. The van der Waals surface area contributed by atoms with Gasteiger partial charge in [0.2, 0.25) is 5.13 Å². The maximum absolute atomic E-state index is 12.9. The highest BCUT2D eigenvalue weighted by molar-refractivity contribution is 8.18. The first kappa shape index (κ1) is 20.1. The number of aromatic nitrogens is 1. The van der Waals surface area contributed by atoms with E-state index in [0.717, 1.165) is 22.6 Å².